The molecule has 8 nitrogen and oxygen atoms in total. The molecule has 1 aliphatic heterocycles. The molecule has 1 aromatic rings. The Balaban J connectivity index is 1.94. The Labute approximate surface area is 184 Å². The first-order chi connectivity index (χ1) is 14.6. The number of nitrogens with one attached hydrogen (secondary N) is 2. The minimum Gasteiger partial charge on any atom is -0.426 e. The number of benzene rings is 1. The lowest BCUT2D eigenvalue weighted by molar-refractivity contribution is -0.127. The molecule has 0 saturated carbocycles. The Kier molecular flexibility index (Phi) is 8.66. The molecule has 166 valence electrons. The standard InChI is InChI=1S/C22H31BN4O4/c1-22(2,3)13-17(14-24)20(28)27-11-7-10-18(27)15-25-21(29)26-19(23(30)31)12-16-8-5-4-6-9-16/h4-6,8-9,13,18-19,30-31H,7,10-12,15H2,1-3H3,(H2,25,26,29)/t18-,19-/m0/s1. The lowest BCUT2D eigenvalue weighted by Crippen LogP contribution is -2.53. The van der Waals surface area contributed by atoms with Crippen LogP contribution in [0.5, 0.6) is 0 Å². The molecule has 1 aliphatic rings. The van der Waals surface area contributed by atoms with Crippen molar-refractivity contribution in [1.82, 2.24) is 15.5 Å². The Morgan fingerprint density at radius 3 is 2.58 bits per heavy atom. The van der Waals surface area contributed by atoms with Gasteiger partial charge in [0.1, 0.15) is 11.6 Å². The number of urea groups is 1. The summed E-state index contributed by atoms with van der Waals surface area (Å²) in [5.41, 5.74) is 0.672. The summed E-state index contributed by atoms with van der Waals surface area (Å²) in [7, 11) is -1.71. The van der Waals surface area contributed by atoms with E-state index in [-0.39, 0.29) is 35.9 Å². The van der Waals surface area contributed by atoms with Crippen LogP contribution in [0, 0.1) is 16.7 Å². The Morgan fingerprint density at radius 2 is 2.00 bits per heavy atom. The molecule has 3 amide bonds. The van der Waals surface area contributed by atoms with Crippen LogP contribution in [-0.4, -0.2) is 59.1 Å². The number of hydrogen-bond acceptors (Lipinski definition) is 5. The minimum absolute atomic E-state index is 0.107. The number of rotatable bonds is 7. The maximum Gasteiger partial charge on any atom is 0.475 e. The molecule has 2 rings (SSSR count). The van der Waals surface area contributed by atoms with E-state index in [1.165, 1.54) is 0 Å². The van der Waals surface area contributed by atoms with Crippen LogP contribution in [-0.2, 0) is 11.2 Å². The average molecular weight is 426 g/mol. The Hall–Kier alpha value is -2.83. The van der Waals surface area contributed by atoms with Gasteiger partial charge in [0.25, 0.3) is 5.91 Å². The largest absolute Gasteiger partial charge is 0.475 e. The highest BCUT2D eigenvalue weighted by molar-refractivity contribution is 6.43. The van der Waals surface area contributed by atoms with E-state index in [4.69, 9.17) is 0 Å². The highest BCUT2D eigenvalue weighted by Crippen LogP contribution is 2.23. The highest BCUT2D eigenvalue weighted by atomic mass is 16.4. The summed E-state index contributed by atoms with van der Waals surface area (Å²) in [5, 5.41) is 33.9. The monoisotopic (exact) mass is 426 g/mol. The zero-order chi connectivity index (χ0) is 23.0. The highest BCUT2D eigenvalue weighted by Gasteiger charge is 2.32. The topological polar surface area (TPSA) is 126 Å². The van der Waals surface area contributed by atoms with Crippen molar-refractivity contribution in [2.45, 2.75) is 52.0 Å². The summed E-state index contributed by atoms with van der Waals surface area (Å²) in [6.07, 6.45) is 3.45. The van der Waals surface area contributed by atoms with Crippen LogP contribution in [0.2, 0.25) is 0 Å². The first-order valence-electron chi connectivity index (χ1n) is 10.5. The fraction of sp³-hybridized carbons (Fsp3) is 0.500. The lowest BCUT2D eigenvalue weighted by atomic mass is 9.76. The SMILES string of the molecule is CC(C)(C)C=C(C#N)C(=O)N1CCC[C@H]1CNC(=O)N[C@@H](Cc1ccccc1)B(O)O. The van der Waals surface area contributed by atoms with Gasteiger partial charge in [0, 0.05) is 19.1 Å². The first kappa shape index (κ1) is 24.4. The number of nitriles is 1. The van der Waals surface area contributed by atoms with E-state index in [2.05, 4.69) is 10.6 Å². The summed E-state index contributed by atoms with van der Waals surface area (Å²) >= 11 is 0. The third-order valence-electron chi connectivity index (χ3n) is 5.04. The number of nitrogens with zero attached hydrogens (tertiary/aromatic N) is 2. The molecule has 0 unspecified atom stereocenters. The van der Waals surface area contributed by atoms with Gasteiger partial charge in [-0.25, -0.2) is 4.79 Å². The van der Waals surface area contributed by atoms with Gasteiger partial charge in [0.05, 0.1) is 5.94 Å². The molecule has 0 aliphatic carbocycles. The van der Waals surface area contributed by atoms with E-state index < -0.39 is 19.1 Å². The molecule has 0 spiro atoms. The molecule has 0 bridgehead atoms. The lowest BCUT2D eigenvalue weighted by Gasteiger charge is -2.26. The van der Waals surface area contributed by atoms with Crippen LogP contribution in [0.3, 0.4) is 0 Å². The summed E-state index contributed by atoms with van der Waals surface area (Å²) in [5.74, 6) is -1.20. The van der Waals surface area contributed by atoms with Crippen molar-refractivity contribution in [3.05, 3.63) is 47.5 Å². The number of allylic oxidation sites excluding steroid dienone is 1. The fourth-order valence-corrected chi connectivity index (χ4v) is 3.57. The predicted octanol–water partition coefficient (Wildman–Crippen LogP) is 1.40. The van der Waals surface area contributed by atoms with Gasteiger partial charge in [0.2, 0.25) is 0 Å². The molecule has 1 heterocycles. The average Bonchev–Trinajstić information content (AvgIpc) is 3.18. The minimum atomic E-state index is -1.71. The number of carbonyl (C=O) groups excluding carboxylic acids is 2. The number of amides is 3. The van der Waals surface area contributed by atoms with E-state index >= 15 is 0 Å². The zero-order valence-electron chi connectivity index (χ0n) is 18.3. The van der Waals surface area contributed by atoms with Gasteiger partial charge in [-0.15, -0.1) is 0 Å². The van der Waals surface area contributed by atoms with Gasteiger partial charge in [-0.05, 0) is 30.2 Å². The van der Waals surface area contributed by atoms with Gasteiger partial charge in [-0.1, -0.05) is 57.2 Å². The molecule has 0 radical (unpaired) electrons. The summed E-state index contributed by atoms with van der Waals surface area (Å²) in [6.45, 7) is 6.51. The maximum absolute atomic E-state index is 12.8. The molecule has 0 aromatic heterocycles. The van der Waals surface area contributed by atoms with E-state index in [0.29, 0.717) is 6.54 Å². The third-order valence-corrected chi connectivity index (χ3v) is 5.04. The normalized spacial score (nSPS) is 17.6. The Morgan fingerprint density at radius 1 is 1.32 bits per heavy atom. The van der Waals surface area contributed by atoms with Crippen molar-refractivity contribution >= 4 is 19.1 Å². The predicted molar refractivity (Wildman–Crippen MR) is 119 cm³/mol. The van der Waals surface area contributed by atoms with Crippen LogP contribution in [0.4, 0.5) is 4.79 Å². The first-order valence-corrected chi connectivity index (χ1v) is 10.5. The zero-order valence-corrected chi connectivity index (χ0v) is 18.3. The molecule has 31 heavy (non-hydrogen) atoms. The van der Waals surface area contributed by atoms with E-state index in [9.17, 15) is 24.9 Å². The molecular formula is C22H31BN4O4. The van der Waals surface area contributed by atoms with Gasteiger partial charge >= 0.3 is 13.1 Å². The van der Waals surface area contributed by atoms with Gasteiger partial charge in [-0.3, -0.25) is 4.79 Å². The second kappa shape index (κ2) is 11.0. The quantitative estimate of drug-likeness (QED) is 0.298. The van der Waals surface area contributed by atoms with Crippen molar-refractivity contribution < 1.29 is 19.6 Å². The molecule has 4 N–H and O–H groups in total. The van der Waals surface area contributed by atoms with E-state index in [0.717, 1.165) is 18.4 Å². The van der Waals surface area contributed by atoms with Gasteiger partial charge < -0.3 is 25.6 Å². The van der Waals surface area contributed by atoms with Crippen molar-refractivity contribution in [2.24, 2.45) is 5.41 Å². The van der Waals surface area contributed by atoms with Crippen molar-refractivity contribution in [3.8, 4) is 6.07 Å². The van der Waals surface area contributed by atoms with Crippen molar-refractivity contribution in [1.29, 1.82) is 5.26 Å². The van der Waals surface area contributed by atoms with Crippen LogP contribution < -0.4 is 10.6 Å². The molecule has 2 atom stereocenters. The number of likely N-dealkylation sites (tertiary alicyclic amines) is 1. The number of hydrogen-bond donors (Lipinski definition) is 4. The van der Waals surface area contributed by atoms with E-state index in [1.54, 1.807) is 11.0 Å². The maximum atomic E-state index is 12.8. The van der Waals surface area contributed by atoms with Crippen molar-refractivity contribution in [2.75, 3.05) is 13.1 Å². The van der Waals surface area contributed by atoms with Crippen LogP contribution in [0.25, 0.3) is 0 Å². The third kappa shape index (κ3) is 7.74. The summed E-state index contributed by atoms with van der Waals surface area (Å²) in [4.78, 5) is 26.8. The van der Waals surface area contributed by atoms with Crippen molar-refractivity contribution in [3.63, 3.8) is 0 Å². The molecule has 1 aromatic carbocycles. The smallest absolute Gasteiger partial charge is 0.426 e. The van der Waals surface area contributed by atoms with E-state index in [1.807, 2.05) is 57.2 Å². The van der Waals surface area contributed by atoms with Crippen LogP contribution in [0.1, 0.15) is 39.2 Å². The molecular weight excluding hydrogens is 395 g/mol. The van der Waals surface area contributed by atoms with Crippen LogP contribution in [0.15, 0.2) is 42.0 Å². The summed E-state index contributed by atoms with van der Waals surface area (Å²) < 4.78 is 0. The van der Waals surface area contributed by atoms with Gasteiger partial charge in [-0.2, -0.15) is 5.26 Å². The second-order valence-corrected chi connectivity index (χ2v) is 8.89. The molecule has 1 saturated heterocycles. The van der Waals surface area contributed by atoms with Crippen LogP contribution >= 0.6 is 0 Å². The fourth-order valence-electron chi connectivity index (χ4n) is 3.57. The number of carbonyl (C=O) groups is 2. The Bertz CT molecular complexity index is 830. The van der Waals surface area contributed by atoms with Gasteiger partial charge in [0.15, 0.2) is 0 Å². The molecule has 9 heteroatoms. The summed E-state index contributed by atoms with van der Waals surface area (Å²) in [6, 6.07) is 10.5. The molecule has 1 fully saturated rings. The second-order valence-electron chi connectivity index (χ2n) is 8.89.